The van der Waals surface area contributed by atoms with Crippen LogP contribution in [0.1, 0.15) is 5.69 Å². The molecular formula is C12H12N4S. The van der Waals surface area contributed by atoms with Crippen LogP contribution in [0.25, 0.3) is 21.5 Å². The van der Waals surface area contributed by atoms with E-state index in [-0.39, 0.29) is 0 Å². The Kier molecular flexibility index (Phi) is 2.35. The third-order valence-electron chi connectivity index (χ3n) is 2.75. The molecule has 0 unspecified atom stereocenters. The van der Waals surface area contributed by atoms with Gasteiger partial charge in [0.2, 0.25) is 0 Å². The lowest BCUT2D eigenvalue weighted by molar-refractivity contribution is 1.24. The second-order valence-corrected chi connectivity index (χ2v) is 4.82. The van der Waals surface area contributed by atoms with E-state index in [0.717, 1.165) is 26.8 Å². The molecule has 1 aromatic carbocycles. The maximum Gasteiger partial charge on any atom is 0.127 e. The van der Waals surface area contributed by atoms with Crippen molar-refractivity contribution in [3.8, 4) is 10.6 Å². The molecule has 0 atom stereocenters. The van der Waals surface area contributed by atoms with E-state index in [0.29, 0.717) is 0 Å². The van der Waals surface area contributed by atoms with Crippen LogP contribution < -0.4 is 11.3 Å². The second-order valence-electron chi connectivity index (χ2n) is 3.83. The van der Waals surface area contributed by atoms with Gasteiger partial charge >= 0.3 is 0 Å². The van der Waals surface area contributed by atoms with Gasteiger partial charge in [0, 0.05) is 22.7 Å². The first kappa shape index (κ1) is 10.3. The number of hydrazine groups is 1. The molecule has 0 aliphatic heterocycles. The number of nitrogen functional groups attached to an aromatic ring is 1. The number of rotatable bonds is 2. The fraction of sp³-hybridized carbons (Fsp3) is 0.0833. The molecule has 3 aromatic rings. The molecular weight excluding hydrogens is 232 g/mol. The lowest BCUT2D eigenvalue weighted by atomic mass is 10.2. The summed E-state index contributed by atoms with van der Waals surface area (Å²) in [5.74, 6) is 5.44. The number of H-pyrrole nitrogens is 1. The minimum atomic E-state index is 0.908. The van der Waals surface area contributed by atoms with Crippen LogP contribution >= 0.6 is 11.3 Å². The lowest BCUT2D eigenvalue weighted by Gasteiger charge is -1.93. The lowest BCUT2D eigenvalue weighted by Crippen LogP contribution is -2.05. The van der Waals surface area contributed by atoms with E-state index in [1.165, 1.54) is 5.39 Å². The van der Waals surface area contributed by atoms with Crippen LogP contribution in [0.5, 0.6) is 0 Å². The third-order valence-corrected chi connectivity index (χ3v) is 3.87. The largest absolute Gasteiger partial charge is 0.360 e. The highest BCUT2D eigenvalue weighted by Crippen LogP contribution is 2.35. The quantitative estimate of drug-likeness (QED) is 0.479. The predicted octanol–water partition coefficient (Wildman–Crippen LogP) is 2.89. The summed E-state index contributed by atoms with van der Waals surface area (Å²) < 4.78 is 0. The molecule has 4 N–H and O–H groups in total. The van der Waals surface area contributed by atoms with Gasteiger partial charge < -0.3 is 10.4 Å². The zero-order chi connectivity index (χ0) is 11.8. The third kappa shape index (κ3) is 1.60. The maximum absolute atomic E-state index is 5.44. The molecule has 2 heterocycles. The van der Waals surface area contributed by atoms with E-state index in [1.807, 2.05) is 25.3 Å². The van der Waals surface area contributed by atoms with Crippen LogP contribution in [-0.4, -0.2) is 9.97 Å². The molecule has 0 saturated carbocycles. The van der Waals surface area contributed by atoms with Crippen molar-refractivity contribution in [3.63, 3.8) is 0 Å². The van der Waals surface area contributed by atoms with Crippen molar-refractivity contribution in [2.24, 2.45) is 5.84 Å². The van der Waals surface area contributed by atoms with Crippen molar-refractivity contribution in [1.29, 1.82) is 0 Å². The Morgan fingerprint density at radius 2 is 2.18 bits per heavy atom. The number of nitrogens with two attached hydrogens (primary N) is 1. The molecule has 2 aromatic heterocycles. The molecule has 17 heavy (non-hydrogen) atoms. The SMILES string of the molecule is Cc1nc(-c2c[nH]c3ccccc23)sc1NN. The standard InChI is InChI=1S/C12H12N4S/c1-7-11(16-13)17-12(15-7)9-6-14-10-5-3-2-4-8(9)10/h2-6,14,16H,13H2,1H3. The predicted molar refractivity (Wildman–Crippen MR) is 72.0 cm³/mol. The number of thiazole rings is 1. The van der Waals surface area contributed by atoms with Crippen LogP contribution in [0.2, 0.25) is 0 Å². The molecule has 0 radical (unpaired) electrons. The molecule has 4 nitrogen and oxygen atoms in total. The van der Waals surface area contributed by atoms with Crippen molar-refractivity contribution < 1.29 is 0 Å². The molecule has 0 aliphatic carbocycles. The van der Waals surface area contributed by atoms with Gasteiger partial charge in [-0.25, -0.2) is 10.8 Å². The summed E-state index contributed by atoms with van der Waals surface area (Å²) >= 11 is 1.56. The molecule has 0 amide bonds. The summed E-state index contributed by atoms with van der Waals surface area (Å²) in [5, 5.41) is 3.07. The number of aromatic amines is 1. The van der Waals surface area contributed by atoms with Crippen LogP contribution in [0.3, 0.4) is 0 Å². The average Bonchev–Trinajstić information content (AvgIpc) is 2.92. The van der Waals surface area contributed by atoms with Crippen LogP contribution in [0.15, 0.2) is 30.5 Å². The number of nitrogens with zero attached hydrogens (tertiary/aromatic N) is 1. The smallest absolute Gasteiger partial charge is 0.127 e. The summed E-state index contributed by atoms with van der Waals surface area (Å²) in [4.78, 5) is 7.78. The minimum absolute atomic E-state index is 0.908. The van der Waals surface area contributed by atoms with Crippen molar-refractivity contribution in [2.45, 2.75) is 6.92 Å². The Balaban J connectivity index is 2.20. The normalized spacial score (nSPS) is 10.9. The zero-order valence-corrected chi connectivity index (χ0v) is 10.1. The van der Waals surface area contributed by atoms with Crippen molar-refractivity contribution >= 4 is 27.2 Å². The summed E-state index contributed by atoms with van der Waals surface area (Å²) in [6.45, 7) is 1.95. The first-order chi connectivity index (χ1) is 8.29. The molecule has 3 rings (SSSR count). The number of benzene rings is 1. The van der Waals surface area contributed by atoms with Crippen molar-refractivity contribution in [1.82, 2.24) is 9.97 Å². The molecule has 0 bridgehead atoms. The Hall–Kier alpha value is -1.85. The zero-order valence-electron chi connectivity index (χ0n) is 9.32. The van der Waals surface area contributed by atoms with Gasteiger partial charge in [0.05, 0.1) is 5.69 Å². The highest BCUT2D eigenvalue weighted by Gasteiger charge is 2.12. The van der Waals surface area contributed by atoms with E-state index in [9.17, 15) is 0 Å². The number of hydrogen-bond donors (Lipinski definition) is 3. The summed E-state index contributed by atoms with van der Waals surface area (Å²) in [6, 6.07) is 8.19. The van der Waals surface area contributed by atoms with E-state index in [4.69, 9.17) is 5.84 Å². The molecule has 0 aliphatic rings. The van der Waals surface area contributed by atoms with Gasteiger partial charge in [0.25, 0.3) is 0 Å². The van der Waals surface area contributed by atoms with Crippen molar-refractivity contribution in [2.75, 3.05) is 5.43 Å². The molecule has 0 saturated heterocycles. The van der Waals surface area contributed by atoms with Gasteiger partial charge in [-0.15, -0.1) is 0 Å². The Labute approximate surface area is 102 Å². The molecule has 0 fully saturated rings. The van der Waals surface area contributed by atoms with E-state index in [1.54, 1.807) is 11.3 Å². The summed E-state index contributed by atoms with van der Waals surface area (Å²) in [6.07, 6.45) is 1.99. The summed E-state index contributed by atoms with van der Waals surface area (Å²) in [7, 11) is 0. The second kappa shape index (κ2) is 3.87. The fourth-order valence-corrected chi connectivity index (χ4v) is 2.80. The summed E-state index contributed by atoms with van der Waals surface area (Å²) in [5.41, 5.74) is 5.84. The number of para-hydroxylation sites is 1. The fourth-order valence-electron chi connectivity index (χ4n) is 1.89. The number of aromatic nitrogens is 2. The first-order valence-corrected chi connectivity index (χ1v) is 6.12. The van der Waals surface area contributed by atoms with Gasteiger partial charge in [0.15, 0.2) is 0 Å². The average molecular weight is 244 g/mol. The number of hydrogen-bond acceptors (Lipinski definition) is 4. The van der Waals surface area contributed by atoms with Gasteiger partial charge in [-0.2, -0.15) is 0 Å². The van der Waals surface area contributed by atoms with Gasteiger partial charge in [-0.05, 0) is 13.0 Å². The first-order valence-electron chi connectivity index (χ1n) is 5.30. The number of anilines is 1. The van der Waals surface area contributed by atoms with Gasteiger partial charge in [-0.1, -0.05) is 29.5 Å². The Morgan fingerprint density at radius 1 is 1.35 bits per heavy atom. The monoisotopic (exact) mass is 244 g/mol. The van der Waals surface area contributed by atoms with Crippen LogP contribution in [0, 0.1) is 6.92 Å². The topological polar surface area (TPSA) is 66.7 Å². The van der Waals surface area contributed by atoms with Gasteiger partial charge in [0.1, 0.15) is 10.0 Å². The number of aryl methyl sites for hydroxylation is 1. The number of nitrogens with one attached hydrogen (secondary N) is 2. The minimum Gasteiger partial charge on any atom is -0.360 e. The van der Waals surface area contributed by atoms with E-state index >= 15 is 0 Å². The molecule has 86 valence electrons. The van der Waals surface area contributed by atoms with E-state index < -0.39 is 0 Å². The highest BCUT2D eigenvalue weighted by molar-refractivity contribution is 7.19. The highest BCUT2D eigenvalue weighted by atomic mass is 32.1. The van der Waals surface area contributed by atoms with Crippen LogP contribution in [-0.2, 0) is 0 Å². The van der Waals surface area contributed by atoms with Crippen molar-refractivity contribution in [3.05, 3.63) is 36.2 Å². The molecule has 5 heteroatoms. The Morgan fingerprint density at radius 3 is 2.94 bits per heavy atom. The van der Waals surface area contributed by atoms with Crippen LogP contribution in [0.4, 0.5) is 5.00 Å². The van der Waals surface area contributed by atoms with Gasteiger partial charge in [-0.3, -0.25) is 0 Å². The number of fused-ring (bicyclic) bond motifs is 1. The maximum atomic E-state index is 5.44. The molecule has 0 spiro atoms. The van der Waals surface area contributed by atoms with E-state index in [2.05, 4.69) is 27.5 Å². The Bertz CT molecular complexity index is 668.